The van der Waals surface area contributed by atoms with Gasteiger partial charge in [-0.05, 0) is 6.07 Å². The van der Waals surface area contributed by atoms with Gasteiger partial charge < -0.3 is 5.73 Å². The first-order valence-corrected chi connectivity index (χ1v) is 8.33. The number of nitrogens with zero attached hydrogens (tertiary/aromatic N) is 1. The number of sulfonamides is 2. The Kier molecular flexibility index (Phi) is 2.84. The number of hydrogen-bond acceptors (Lipinski definition) is 6. The summed E-state index contributed by atoms with van der Waals surface area (Å²) in [6, 6.07) is 0.704. The van der Waals surface area contributed by atoms with E-state index in [9.17, 15) is 16.8 Å². The summed E-state index contributed by atoms with van der Waals surface area (Å²) in [6.07, 6.45) is 0. The molecule has 96 valence electrons. The highest BCUT2D eigenvalue weighted by Gasteiger charge is 2.36. The van der Waals surface area contributed by atoms with Crippen LogP contribution in [-0.4, -0.2) is 34.7 Å². The van der Waals surface area contributed by atoms with Crippen LogP contribution in [0, 0.1) is 0 Å². The van der Waals surface area contributed by atoms with E-state index >= 15 is 0 Å². The third kappa shape index (κ3) is 2.00. The minimum absolute atomic E-state index is 0.0391. The predicted octanol–water partition coefficient (Wildman–Crippen LogP) is -0.971. The van der Waals surface area contributed by atoms with Crippen molar-refractivity contribution in [2.24, 2.45) is 10.9 Å². The highest BCUT2D eigenvalue weighted by atomic mass is 32.3. The fourth-order valence-electron chi connectivity index (χ4n) is 1.58. The lowest BCUT2D eigenvalue weighted by molar-refractivity contribution is 0.423. The Morgan fingerprint density at radius 2 is 2.12 bits per heavy atom. The van der Waals surface area contributed by atoms with E-state index in [1.165, 1.54) is 13.1 Å². The van der Waals surface area contributed by atoms with Gasteiger partial charge in [0.2, 0.25) is 10.0 Å². The molecule has 2 rings (SSSR count). The molecule has 2 heterocycles. The molecule has 0 aromatic carbocycles. The zero-order valence-electron chi connectivity index (χ0n) is 8.82. The van der Waals surface area contributed by atoms with Crippen LogP contribution in [0.15, 0.2) is 14.5 Å². The molecule has 0 fully saturated rings. The van der Waals surface area contributed by atoms with Crippen molar-refractivity contribution >= 4 is 31.4 Å². The quantitative estimate of drug-likeness (QED) is 0.690. The first-order valence-electron chi connectivity index (χ1n) is 4.52. The number of primary sulfonamides is 1. The molecule has 0 spiro atoms. The van der Waals surface area contributed by atoms with Crippen molar-refractivity contribution in [3.63, 3.8) is 0 Å². The van der Waals surface area contributed by atoms with Crippen molar-refractivity contribution in [2.75, 3.05) is 13.6 Å². The summed E-state index contributed by atoms with van der Waals surface area (Å²) in [5, 5.41) is 4.97. The lowest BCUT2D eigenvalue weighted by Crippen LogP contribution is -2.38. The molecule has 1 aromatic rings. The van der Waals surface area contributed by atoms with Gasteiger partial charge in [-0.15, -0.1) is 11.3 Å². The van der Waals surface area contributed by atoms with E-state index in [0.717, 1.165) is 4.31 Å². The van der Waals surface area contributed by atoms with E-state index in [0.29, 0.717) is 16.9 Å². The predicted molar refractivity (Wildman–Crippen MR) is 62.4 cm³/mol. The molecular weight excluding hydrogens is 286 g/mol. The first-order chi connectivity index (χ1) is 7.64. The van der Waals surface area contributed by atoms with Crippen molar-refractivity contribution < 1.29 is 16.8 Å². The van der Waals surface area contributed by atoms with Crippen molar-refractivity contribution in [3.05, 3.63) is 11.6 Å². The summed E-state index contributed by atoms with van der Waals surface area (Å²) in [6.45, 7) is 0.121. The number of likely N-dealkylation sites (N-methyl/N-ethyl adjacent to an activating group) is 1. The van der Waals surface area contributed by atoms with E-state index in [1.807, 2.05) is 0 Å². The first kappa shape index (κ1) is 12.9. The molecule has 0 amide bonds. The van der Waals surface area contributed by atoms with Gasteiger partial charge in [0.15, 0.2) is 0 Å². The van der Waals surface area contributed by atoms with E-state index in [4.69, 9.17) is 10.9 Å². The number of hydrogen-bond donors (Lipinski definition) is 2. The standard InChI is InChI=1S/C7H11N3O4S3/c1-10-3-5(8)4-2-6(16(9,11)12)15-7(4)17(10,13)14/h2,5H,3,8H2,1H3,(H2,9,11,12)/t5-/m0/s1. The summed E-state index contributed by atoms with van der Waals surface area (Å²) in [7, 11) is -6.15. The summed E-state index contributed by atoms with van der Waals surface area (Å²) in [4.78, 5) is 0. The molecule has 1 aromatic heterocycles. The molecule has 4 N–H and O–H groups in total. The summed E-state index contributed by atoms with van der Waals surface area (Å²) in [5.41, 5.74) is 6.10. The van der Waals surface area contributed by atoms with Gasteiger partial charge in [-0.1, -0.05) is 0 Å². The lowest BCUT2D eigenvalue weighted by Gasteiger charge is -2.26. The van der Waals surface area contributed by atoms with Crippen LogP contribution >= 0.6 is 11.3 Å². The van der Waals surface area contributed by atoms with E-state index in [1.54, 1.807) is 0 Å². The summed E-state index contributed by atoms with van der Waals surface area (Å²) >= 11 is 0.634. The van der Waals surface area contributed by atoms with Crippen molar-refractivity contribution in [3.8, 4) is 0 Å². The van der Waals surface area contributed by atoms with Gasteiger partial charge in [-0.2, -0.15) is 4.31 Å². The molecular formula is C7H11N3O4S3. The van der Waals surface area contributed by atoms with Crippen LogP contribution < -0.4 is 10.9 Å². The summed E-state index contributed by atoms with van der Waals surface area (Å²) in [5.74, 6) is 0. The molecule has 10 heteroatoms. The van der Waals surface area contributed by atoms with Gasteiger partial charge in [0.25, 0.3) is 10.0 Å². The molecule has 0 saturated heterocycles. The number of thiophene rings is 1. The zero-order chi connectivity index (χ0) is 13.0. The maximum absolute atomic E-state index is 11.9. The second-order valence-corrected chi connectivity index (χ2v) is 8.83. The highest BCUT2D eigenvalue weighted by molar-refractivity contribution is 7.94. The Bertz CT molecular complexity index is 661. The average Bonchev–Trinajstić information content (AvgIpc) is 2.59. The van der Waals surface area contributed by atoms with E-state index < -0.39 is 26.1 Å². The Hall–Kier alpha value is -0.520. The molecule has 1 aliphatic heterocycles. The van der Waals surface area contributed by atoms with Crippen molar-refractivity contribution in [1.82, 2.24) is 4.31 Å². The fraction of sp³-hybridized carbons (Fsp3) is 0.429. The molecule has 0 aliphatic carbocycles. The van der Waals surface area contributed by atoms with Crippen LogP contribution in [0.4, 0.5) is 0 Å². The Balaban J connectivity index is 2.73. The molecule has 1 atom stereocenters. The minimum atomic E-state index is -3.91. The smallest absolute Gasteiger partial charge is 0.252 e. The maximum atomic E-state index is 11.9. The minimum Gasteiger partial charge on any atom is -0.323 e. The van der Waals surface area contributed by atoms with Gasteiger partial charge >= 0.3 is 0 Å². The lowest BCUT2D eigenvalue weighted by atomic mass is 10.1. The van der Waals surface area contributed by atoms with Crippen LogP contribution in [0.3, 0.4) is 0 Å². The topological polar surface area (TPSA) is 124 Å². The summed E-state index contributed by atoms with van der Waals surface area (Å²) < 4.78 is 47.1. The van der Waals surface area contributed by atoms with Crippen LogP contribution in [0.2, 0.25) is 0 Å². The molecule has 0 radical (unpaired) electrons. The second-order valence-electron chi connectivity index (χ2n) is 3.75. The molecule has 0 saturated carbocycles. The third-order valence-electron chi connectivity index (χ3n) is 2.48. The Morgan fingerprint density at radius 3 is 2.65 bits per heavy atom. The second kappa shape index (κ2) is 3.73. The van der Waals surface area contributed by atoms with Gasteiger partial charge in [-0.25, -0.2) is 22.0 Å². The molecule has 17 heavy (non-hydrogen) atoms. The Morgan fingerprint density at radius 1 is 1.53 bits per heavy atom. The monoisotopic (exact) mass is 297 g/mol. The van der Waals surface area contributed by atoms with Crippen LogP contribution in [0.25, 0.3) is 0 Å². The zero-order valence-corrected chi connectivity index (χ0v) is 11.3. The number of fused-ring (bicyclic) bond motifs is 1. The normalized spacial score (nSPS) is 24.5. The Labute approximate surface area is 103 Å². The van der Waals surface area contributed by atoms with Gasteiger partial charge in [0.1, 0.15) is 8.42 Å². The molecule has 0 unspecified atom stereocenters. The van der Waals surface area contributed by atoms with Crippen LogP contribution in [0.5, 0.6) is 0 Å². The highest BCUT2D eigenvalue weighted by Crippen LogP contribution is 2.38. The fourth-order valence-corrected chi connectivity index (χ4v) is 5.66. The van der Waals surface area contributed by atoms with Crippen molar-refractivity contribution in [1.29, 1.82) is 0 Å². The average molecular weight is 297 g/mol. The molecule has 1 aliphatic rings. The number of rotatable bonds is 1. The van der Waals surface area contributed by atoms with E-state index in [2.05, 4.69) is 0 Å². The maximum Gasteiger partial charge on any atom is 0.252 e. The van der Waals surface area contributed by atoms with Gasteiger partial charge in [0.05, 0.1) is 0 Å². The largest absolute Gasteiger partial charge is 0.323 e. The SMILES string of the molecule is CN1C[C@H](N)c2cc(S(N)(=O)=O)sc2S1(=O)=O. The van der Waals surface area contributed by atoms with Gasteiger partial charge in [-0.3, -0.25) is 0 Å². The van der Waals surface area contributed by atoms with Crippen molar-refractivity contribution in [2.45, 2.75) is 14.5 Å². The third-order valence-corrected chi connectivity index (χ3v) is 7.40. The number of nitrogens with two attached hydrogens (primary N) is 2. The van der Waals surface area contributed by atoms with E-state index in [-0.39, 0.29) is 15.0 Å². The van der Waals surface area contributed by atoms with Crippen LogP contribution in [-0.2, 0) is 20.0 Å². The van der Waals surface area contributed by atoms with Crippen LogP contribution in [0.1, 0.15) is 11.6 Å². The molecule has 0 bridgehead atoms. The van der Waals surface area contributed by atoms with Gasteiger partial charge in [0, 0.05) is 25.2 Å². The molecule has 7 nitrogen and oxygen atoms in total.